The summed E-state index contributed by atoms with van der Waals surface area (Å²) in [6.45, 7) is 4.03. The Balaban J connectivity index is 1.70. The van der Waals surface area contributed by atoms with Crippen molar-refractivity contribution in [3.05, 3.63) is 77.2 Å². The van der Waals surface area contributed by atoms with Crippen molar-refractivity contribution in [2.24, 2.45) is 0 Å². The molecule has 1 aliphatic heterocycles. The van der Waals surface area contributed by atoms with Crippen molar-refractivity contribution in [2.75, 3.05) is 13.7 Å². The highest BCUT2D eigenvalue weighted by Gasteiger charge is 2.30. The van der Waals surface area contributed by atoms with Gasteiger partial charge in [0.25, 0.3) is 5.91 Å². The van der Waals surface area contributed by atoms with E-state index in [1.807, 2.05) is 0 Å². The summed E-state index contributed by atoms with van der Waals surface area (Å²) in [6, 6.07) is 13.6. The molecule has 0 saturated carbocycles. The number of ether oxygens (including phenoxy) is 2. The zero-order valence-corrected chi connectivity index (χ0v) is 16.7. The summed E-state index contributed by atoms with van der Waals surface area (Å²) in [7, 11) is 1.54. The molecule has 0 spiro atoms. The van der Waals surface area contributed by atoms with Crippen molar-refractivity contribution in [1.82, 2.24) is 4.90 Å². The molecule has 2 aromatic rings. The third-order valence-corrected chi connectivity index (χ3v) is 5.26. The van der Waals surface area contributed by atoms with Crippen LogP contribution in [0.15, 0.2) is 66.1 Å². The van der Waals surface area contributed by atoms with E-state index < -0.39 is 5.97 Å². The highest BCUT2D eigenvalue weighted by molar-refractivity contribution is 8.26. The van der Waals surface area contributed by atoms with Crippen LogP contribution in [0.5, 0.6) is 11.5 Å². The van der Waals surface area contributed by atoms with E-state index in [0.717, 1.165) is 5.56 Å². The molecule has 1 heterocycles. The van der Waals surface area contributed by atoms with Gasteiger partial charge in [0.1, 0.15) is 15.8 Å². The largest absolute Gasteiger partial charge is 0.497 e. The van der Waals surface area contributed by atoms with E-state index in [1.54, 1.807) is 60.7 Å². The summed E-state index contributed by atoms with van der Waals surface area (Å²) in [4.78, 5) is 26.7. The van der Waals surface area contributed by atoms with Crippen LogP contribution >= 0.6 is 24.0 Å². The van der Waals surface area contributed by atoms with Gasteiger partial charge in [-0.2, -0.15) is 0 Å². The van der Waals surface area contributed by atoms with Crippen LogP contribution in [0.3, 0.4) is 0 Å². The predicted molar refractivity (Wildman–Crippen MR) is 114 cm³/mol. The minimum atomic E-state index is -0.475. The minimum Gasteiger partial charge on any atom is -0.497 e. The molecule has 0 radical (unpaired) electrons. The molecular formula is C21H17NO4S2. The van der Waals surface area contributed by atoms with Crippen molar-refractivity contribution in [1.29, 1.82) is 0 Å². The first-order valence-electron chi connectivity index (χ1n) is 8.34. The van der Waals surface area contributed by atoms with Crippen LogP contribution in [0.4, 0.5) is 0 Å². The summed E-state index contributed by atoms with van der Waals surface area (Å²) in [5, 5.41) is 0. The van der Waals surface area contributed by atoms with E-state index >= 15 is 0 Å². The van der Waals surface area contributed by atoms with Crippen LogP contribution in [0.25, 0.3) is 6.08 Å². The first kappa shape index (κ1) is 19.9. The topological polar surface area (TPSA) is 55.8 Å². The number of thiocarbonyl (C=S) groups is 1. The lowest BCUT2D eigenvalue weighted by atomic mass is 10.2. The second-order valence-electron chi connectivity index (χ2n) is 5.77. The number of thioether (sulfide) groups is 1. The number of amides is 1. The summed E-state index contributed by atoms with van der Waals surface area (Å²) in [6.07, 6.45) is 3.40. The summed E-state index contributed by atoms with van der Waals surface area (Å²) in [5.74, 6) is 0.378. The van der Waals surface area contributed by atoms with Crippen molar-refractivity contribution in [3.63, 3.8) is 0 Å². The van der Waals surface area contributed by atoms with Crippen LogP contribution in [-0.2, 0) is 4.79 Å². The second-order valence-corrected chi connectivity index (χ2v) is 7.45. The standard InChI is InChI=1S/C21H17NO4S2/c1-3-11-22-19(23)18(28-21(22)27)12-14-7-9-16(10-8-14)26-20(24)15-5-4-6-17(13-15)25-2/h3-10,12-13H,1,11H2,2H3/b18-12-. The van der Waals surface area contributed by atoms with Gasteiger partial charge in [0.2, 0.25) is 0 Å². The van der Waals surface area contributed by atoms with Gasteiger partial charge in [-0.05, 0) is 42.0 Å². The molecule has 1 fully saturated rings. The van der Waals surface area contributed by atoms with Gasteiger partial charge in [0.15, 0.2) is 0 Å². The van der Waals surface area contributed by atoms with E-state index in [4.69, 9.17) is 21.7 Å². The second kappa shape index (κ2) is 8.86. The highest BCUT2D eigenvalue weighted by atomic mass is 32.2. The minimum absolute atomic E-state index is 0.136. The van der Waals surface area contributed by atoms with E-state index in [1.165, 1.54) is 23.8 Å². The molecule has 3 rings (SSSR count). The molecule has 28 heavy (non-hydrogen) atoms. The van der Waals surface area contributed by atoms with E-state index in [0.29, 0.717) is 32.8 Å². The molecule has 0 bridgehead atoms. The fraction of sp³-hybridized carbons (Fsp3) is 0.0952. The number of carbonyl (C=O) groups excluding carboxylic acids is 2. The number of hydrogen-bond donors (Lipinski definition) is 0. The molecule has 2 aromatic carbocycles. The van der Waals surface area contributed by atoms with Crippen molar-refractivity contribution >= 4 is 46.3 Å². The van der Waals surface area contributed by atoms with Crippen molar-refractivity contribution < 1.29 is 19.1 Å². The number of esters is 1. The molecule has 1 saturated heterocycles. The normalized spacial score (nSPS) is 15.0. The quantitative estimate of drug-likeness (QED) is 0.232. The van der Waals surface area contributed by atoms with Gasteiger partial charge < -0.3 is 9.47 Å². The summed E-state index contributed by atoms with van der Waals surface area (Å²) >= 11 is 6.48. The van der Waals surface area contributed by atoms with Gasteiger partial charge in [0, 0.05) is 6.54 Å². The zero-order chi connectivity index (χ0) is 20.1. The molecule has 1 amide bonds. The van der Waals surface area contributed by atoms with Gasteiger partial charge >= 0.3 is 5.97 Å². The molecule has 0 aromatic heterocycles. The predicted octanol–water partition coefficient (Wildman–Crippen LogP) is 4.30. The SMILES string of the molecule is C=CCN1C(=O)/C(=C/c2ccc(OC(=O)c3cccc(OC)c3)cc2)SC1=S. The Morgan fingerprint density at radius 3 is 2.64 bits per heavy atom. The number of methoxy groups -OCH3 is 1. The summed E-state index contributed by atoms with van der Waals surface area (Å²) < 4.78 is 11.0. The third kappa shape index (κ3) is 4.49. The third-order valence-electron chi connectivity index (χ3n) is 3.88. The molecule has 7 heteroatoms. The van der Waals surface area contributed by atoms with Crippen molar-refractivity contribution in [3.8, 4) is 11.5 Å². The Bertz CT molecular complexity index is 967. The number of rotatable bonds is 6. The van der Waals surface area contributed by atoms with Crippen LogP contribution in [0.2, 0.25) is 0 Å². The number of nitrogens with zero attached hydrogens (tertiary/aromatic N) is 1. The fourth-order valence-electron chi connectivity index (χ4n) is 2.49. The summed E-state index contributed by atoms with van der Waals surface area (Å²) in [5.41, 5.74) is 1.20. The van der Waals surface area contributed by atoms with Gasteiger partial charge in [-0.1, -0.05) is 48.3 Å². The lowest BCUT2D eigenvalue weighted by Crippen LogP contribution is -2.27. The van der Waals surface area contributed by atoms with Gasteiger partial charge in [-0.15, -0.1) is 6.58 Å². The smallest absolute Gasteiger partial charge is 0.343 e. The molecule has 0 unspecified atom stereocenters. The van der Waals surface area contributed by atoms with Crippen LogP contribution in [0, 0.1) is 0 Å². The number of carbonyl (C=O) groups is 2. The number of benzene rings is 2. The van der Waals surface area contributed by atoms with Gasteiger partial charge in [0.05, 0.1) is 17.6 Å². The van der Waals surface area contributed by atoms with E-state index in [9.17, 15) is 9.59 Å². The zero-order valence-electron chi connectivity index (χ0n) is 15.1. The van der Waals surface area contributed by atoms with Crippen LogP contribution in [-0.4, -0.2) is 34.8 Å². The van der Waals surface area contributed by atoms with Crippen molar-refractivity contribution in [2.45, 2.75) is 0 Å². The fourth-order valence-corrected chi connectivity index (χ4v) is 3.76. The molecule has 0 N–H and O–H groups in total. The Kier molecular flexibility index (Phi) is 6.28. The Morgan fingerprint density at radius 1 is 1.21 bits per heavy atom. The van der Waals surface area contributed by atoms with Crippen LogP contribution in [0.1, 0.15) is 15.9 Å². The maximum absolute atomic E-state index is 12.4. The van der Waals surface area contributed by atoms with E-state index in [2.05, 4.69) is 6.58 Å². The first-order chi connectivity index (χ1) is 13.5. The van der Waals surface area contributed by atoms with E-state index in [-0.39, 0.29) is 5.91 Å². The molecule has 142 valence electrons. The Hall–Kier alpha value is -2.90. The maximum atomic E-state index is 12.4. The Morgan fingerprint density at radius 2 is 1.96 bits per heavy atom. The average Bonchev–Trinajstić information content (AvgIpc) is 2.97. The Labute approximate surface area is 172 Å². The molecule has 5 nitrogen and oxygen atoms in total. The van der Waals surface area contributed by atoms with Crippen LogP contribution < -0.4 is 9.47 Å². The van der Waals surface area contributed by atoms with Gasteiger partial charge in [-0.25, -0.2) is 4.79 Å². The lowest BCUT2D eigenvalue weighted by Gasteiger charge is -2.10. The monoisotopic (exact) mass is 411 g/mol. The average molecular weight is 412 g/mol. The molecule has 1 aliphatic rings. The molecule has 0 atom stereocenters. The molecular weight excluding hydrogens is 394 g/mol. The first-order valence-corrected chi connectivity index (χ1v) is 9.57. The maximum Gasteiger partial charge on any atom is 0.343 e. The molecule has 0 aliphatic carbocycles. The highest BCUT2D eigenvalue weighted by Crippen LogP contribution is 2.32. The number of hydrogen-bond acceptors (Lipinski definition) is 6. The lowest BCUT2D eigenvalue weighted by molar-refractivity contribution is -0.121. The van der Waals surface area contributed by atoms with Gasteiger partial charge in [-0.3, -0.25) is 9.69 Å².